The van der Waals surface area contributed by atoms with Gasteiger partial charge < -0.3 is 20.3 Å². The quantitative estimate of drug-likeness (QED) is 0.386. The van der Waals surface area contributed by atoms with Gasteiger partial charge in [0.25, 0.3) is 0 Å². The van der Waals surface area contributed by atoms with Crippen LogP contribution in [0.4, 0.5) is 17.6 Å². The summed E-state index contributed by atoms with van der Waals surface area (Å²) in [4.78, 5) is 18.7. The molecule has 1 aromatic rings. The molecule has 11 heteroatoms. The Morgan fingerprint density at radius 1 is 1.23 bits per heavy atom. The van der Waals surface area contributed by atoms with E-state index in [-0.39, 0.29) is 24.4 Å². The van der Waals surface area contributed by atoms with E-state index in [0.29, 0.717) is 37.7 Å². The van der Waals surface area contributed by atoms with Gasteiger partial charge in [-0.1, -0.05) is 12.1 Å². The molecule has 0 bridgehead atoms. The molecular formula is C19H27F4N5O2. The highest BCUT2D eigenvalue weighted by atomic mass is 19.4. The van der Waals surface area contributed by atoms with Crippen LogP contribution in [-0.4, -0.2) is 87.9 Å². The second-order valence-corrected chi connectivity index (χ2v) is 6.89. The highest BCUT2D eigenvalue weighted by Gasteiger charge is 2.31. The average molecular weight is 433 g/mol. The molecular weight excluding hydrogens is 406 g/mol. The zero-order valence-corrected chi connectivity index (χ0v) is 17.0. The molecule has 1 fully saturated rings. The molecule has 1 aromatic carbocycles. The standard InChI is InChI=1S/C19H27F4N5O2/c1-24-18(26-12-17(29)27(2)13-19(21,22)23)25-11-16(28-7-9-30-10-8-28)14-3-5-15(20)6-4-14/h3-6,16H,7-13H2,1-2H3,(H2,24,25,26). The predicted octanol–water partition coefficient (Wildman–Crippen LogP) is 1.38. The predicted molar refractivity (Wildman–Crippen MR) is 105 cm³/mol. The number of guanidine groups is 1. The molecule has 2 N–H and O–H groups in total. The van der Waals surface area contributed by atoms with E-state index in [4.69, 9.17) is 4.74 Å². The van der Waals surface area contributed by atoms with Gasteiger partial charge in [-0.05, 0) is 17.7 Å². The van der Waals surface area contributed by atoms with E-state index in [1.807, 2.05) is 0 Å². The van der Waals surface area contributed by atoms with Crippen molar-refractivity contribution in [2.45, 2.75) is 12.2 Å². The number of alkyl halides is 3. The molecule has 0 aromatic heterocycles. The molecule has 1 aliphatic heterocycles. The Labute approximate surface area is 173 Å². The zero-order valence-electron chi connectivity index (χ0n) is 17.0. The molecule has 0 aliphatic carbocycles. The molecule has 2 rings (SSSR count). The number of benzene rings is 1. The van der Waals surface area contributed by atoms with E-state index in [2.05, 4.69) is 20.5 Å². The number of halogens is 4. The minimum Gasteiger partial charge on any atom is -0.379 e. The molecule has 168 valence electrons. The van der Waals surface area contributed by atoms with Gasteiger partial charge in [-0.15, -0.1) is 0 Å². The lowest BCUT2D eigenvalue weighted by Gasteiger charge is -2.35. The van der Waals surface area contributed by atoms with Crippen LogP contribution in [0.3, 0.4) is 0 Å². The maximum Gasteiger partial charge on any atom is 0.406 e. The third-order valence-corrected chi connectivity index (χ3v) is 4.68. The van der Waals surface area contributed by atoms with E-state index in [1.165, 1.54) is 19.2 Å². The molecule has 0 radical (unpaired) electrons. The van der Waals surface area contributed by atoms with E-state index in [1.54, 1.807) is 12.1 Å². The Bertz CT molecular complexity index is 706. The first-order valence-corrected chi connectivity index (χ1v) is 9.52. The number of hydrogen-bond donors (Lipinski definition) is 2. The summed E-state index contributed by atoms with van der Waals surface area (Å²) in [5.74, 6) is -0.755. The van der Waals surface area contributed by atoms with Gasteiger partial charge in [-0.25, -0.2) is 4.39 Å². The molecule has 1 saturated heterocycles. The molecule has 1 unspecified atom stereocenters. The van der Waals surface area contributed by atoms with E-state index in [0.717, 1.165) is 12.6 Å². The van der Waals surface area contributed by atoms with Gasteiger partial charge in [0.05, 0.1) is 25.8 Å². The Morgan fingerprint density at radius 2 is 1.87 bits per heavy atom. The summed E-state index contributed by atoms with van der Waals surface area (Å²) >= 11 is 0. The summed E-state index contributed by atoms with van der Waals surface area (Å²) < 4.78 is 56.0. The number of rotatable bonds is 7. The van der Waals surface area contributed by atoms with Gasteiger partial charge in [0, 0.05) is 33.7 Å². The summed E-state index contributed by atoms with van der Waals surface area (Å²) in [7, 11) is 2.59. The third-order valence-electron chi connectivity index (χ3n) is 4.68. The number of likely N-dealkylation sites (N-methyl/N-ethyl adjacent to an activating group) is 1. The highest BCUT2D eigenvalue weighted by Crippen LogP contribution is 2.21. The number of nitrogens with one attached hydrogen (secondary N) is 2. The van der Waals surface area contributed by atoms with E-state index in [9.17, 15) is 22.4 Å². The van der Waals surface area contributed by atoms with Crippen molar-refractivity contribution in [1.29, 1.82) is 0 Å². The van der Waals surface area contributed by atoms with Crippen molar-refractivity contribution >= 4 is 11.9 Å². The summed E-state index contributed by atoms with van der Waals surface area (Å²) in [5.41, 5.74) is 0.905. The van der Waals surface area contributed by atoms with Gasteiger partial charge in [-0.2, -0.15) is 13.2 Å². The Morgan fingerprint density at radius 3 is 2.43 bits per heavy atom. The third kappa shape index (κ3) is 7.79. The fourth-order valence-corrected chi connectivity index (χ4v) is 3.10. The number of morpholine rings is 1. The lowest BCUT2D eigenvalue weighted by molar-refractivity contribution is -0.157. The van der Waals surface area contributed by atoms with Crippen LogP contribution in [-0.2, 0) is 9.53 Å². The van der Waals surface area contributed by atoms with Crippen LogP contribution < -0.4 is 10.6 Å². The summed E-state index contributed by atoms with van der Waals surface area (Å²) in [6.07, 6.45) is -4.45. The van der Waals surface area contributed by atoms with Gasteiger partial charge in [-0.3, -0.25) is 14.7 Å². The van der Waals surface area contributed by atoms with Gasteiger partial charge in [0.15, 0.2) is 5.96 Å². The number of carbonyl (C=O) groups excluding carboxylic acids is 1. The number of ether oxygens (including phenoxy) is 1. The van der Waals surface area contributed by atoms with Gasteiger partial charge in [0.2, 0.25) is 5.91 Å². The number of amides is 1. The highest BCUT2D eigenvalue weighted by molar-refractivity contribution is 5.86. The fourth-order valence-electron chi connectivity index (χ4n) is 3.10. The Balaban J connectivity index is 1.95. The van der Waals surface area contributed by atoms with Crippen LogP contribution in [0.15, 0.2) is 29.3 Å². The average Bonchev–Trinajstić information content (AvgIpc) is 2.71. The van der Waals surface area contributed by atoms with Crippen LogP contribution in [0, 0.1) is 5.82 Å². The minimum absolute atomic E-state index is 0.100. The fraction of sp³-hybridized carbons (Fsp3) is 0.579. The van der Waals surface area contributed by atoms with Crippen molar-refractivity contribution in [2.24, 2.45) is 4.99 Å². The Hall–Kier alpha value is -2.40. The minimum atomic E-state index is -4.45. The SMILES string of the molecule is CN=C(NCC(=O)N(C)CC(F)(F)F)NCC(c1ccc(F)cc1)N1CCOCC1. The van der Waals surface area contributed by atoms with Crippen LogP contribution in [0.2, 0.25) is 0 Å². The van der Waals surface area contributed by atoms with Crippen molar-refractivity contribution in [3.63, 3.8) is 0 Å². The Kier molecular flexibility index (Phi) is 8.85. The number of nitrogens with zero attached hydrogens (tertiary/aromatic N) is 3. The smallest absolute Gasteiger partial charge is 0.379 e. The molecule has 1 heterocycles. The topological polar surface area (TPSA) is 69.2 Å². The van der Waals surface area contributed by atoms with Crippen LogP contribution in [0.5, 0.6) is 0 Å². The van der Waals surface area contributed by atoms with Crippen molar-refractivity contribution in [1.82, 2.24) is 20.4 Å². The van der Waals surface area contributed by atoms with Crippen molar-refractivity contribution < 1.29 is 27.1 Å². The lowest BCUT2D eigenvalue weighted by Crippen LogP contribution is -2.48. The number of hydrogen-bond acceptors (Lipinski definition) is 4. The van der Waals surface area contributed by atoms with Gasteiger partial charge in [0.1, 0.15) is 12.4 Å². The summed E-state index contributed by atoms with van der Waals surface area (Å²) in [5, 5.41) is 5.82. The molecule has 7 nitrogen and oxygen atoms in total. The van der Waals surface area contributed by atoms with Gasteiger partial charge >= 0.3 is 6.18 Å². The second kappa shape index (κ2) is 11.1. The first kappa shape index (κ1) is 23.9. The maximum absolute atomic E-state index is 13.3. The number of carbonyl (C=O) groups is 1. The first-order chi connectivity index (χ1) is 14.2. The summed E-state index contributed by atoms with van der Waals surface area (Å²) in [6, 6.07) is 6.11. The molecule has 1 atom stereocenters. The second-order valence-electron chi connectivity index (χ2n) is 6.89. The number of aliphatic imine (C=N–C) groups is 1. The monoisotopic (exact) mass is 433 g/mol. The van der Waals surface area contributed by atoms with Crippen LogP contribution in [0.25, 0.3) is 0 Å². The van der Waals surface area contributed by atoms with Crippen molar-refractivity contribution in [3.8, 4) is 0 Å². The maximum atomic E-state index is 13.3. The van der Waals surface area contributed by atoms with Crippen LogP contribution in [0.1, 0.15) is 11.6 Å². The largest absolute Gasteiger partial charge is 0.406 e. The lowest BCUT2D eigenvalue weighted by atomic mass is 10.0. The normalized spacial score (nSPS) is 16.8. The molecule has 1 amide bonds. The molecule has 1 aliphatic rings. The van der Waals surface area contributed by atoms with Crippen molar-refractivity contribution in [2.75, 3.05) is 60.0 Å². The van der Waals surface area contributed by atoms with Crippen molar-refractivity contribution in [3.05, 3.63) is 35.6 Å². The zero-order chi connectivity index (χ0) is 22.1. The van der Waals surface area contributed by atoms with E-state index < -0.39 is 18.6 Å². The molecule has 30 heavy (non-hydrogen) atoms. The van der Waals surface area contributed by atoms with E-state index >= 15 is 0 Å². The first-order valence-electron chi connectivity index (χ1n) is 9.52. The van der Waals surface area contributed by atoms with Crippen LogP contribution >= 0.6 is 0 Å². The molecule has 0 saturated carbocycles. The molecule has 0 spiro atoms. The summed E-state index contributed by atoms with van der Waals surface area (Å²) in [6.45, 7) is 1.34.